The van der Waals surface area contributed by atoms with Gasteiger partial charge in [0.1, 0.15) is 6.04 Å². The molecule has 1 atom stereocenters. The van der Waals surface area contributed by atoms with Gasteiger partial charge in [0.25, 0.3) is 0 Å². The van der Waals surface area contributed by atoms with E-state index in [1.807, 2.05) is 16.8 Å². The first kappa shape index (κ1) is 13.1. The molecule has 0 spiro atoms. The van der Waals surface area contributed by atoms with Crippen molar-refractivity contribution in [2.75, 3.05) is 6.54 Å². The lowest BCUT2D eigenvalue weighted by Gasteiger charge is -2.33. The number of nitrogens with zero attached hydrogens (tertiary/aromatic N) is 1. The molecule has 1 N–H and O–H groups in total. The highest BCUT2D eigenvalue weighted by molar-refractivity contribution is 7.07. The molecule has 2 heterocycles. The Bertz CT molecular complexity index is 416. The van der Waals surface area contributed by atoms with Gasteiger partial charge in [-0.3, -0.25) is 4.79 Å². The first-order valence-electron chi connectivity index (χ1n) is 6.22. The summed E-state index contributed by atoms with van der Waals surface area (Å²) in [6.07, 6.45) is 3.49. The summed E-state index contributed by atoms with van der Waals surface area (Å²) in [6, 6.07) is 1.39. The van der Waals surface area contributed by atoms with Gasteiger partial charge in [0.05, 0.1) is 0 Å². The second-order valence-corrected chi connectivity index (χ2v) is 5.35. The fraction of sp³-hybridized carbons (Fsp3) is 0.538. The van der Waals surface area contributed by atoms with E-state index < -0.39 is 12.0 Å². The molecule has 4 nitrogen and oxygen atoms in total. The molecule has 0 aromatic carbocycles. The normalized spacial score (nSPS) is 19.8. The highest BCUT2D eigenvalue weighted by atomic mass is 32.1. The molecule has 0 radical (unpaired) electrons. The number of amides is 1. The van der Waals surface area contributed by atoms with Crippen molar-refractivity contribution in [3.63, 3.8) is 0 Å². The smallest absolute Gasteiger partial charge is 0.326 e. The van der Waals surface area contributed by atoms with Crippen LogP contribution in [0.25, 0.3) is 0 Å². The Hall–Kier alpha value is -1.36. The van der Waals surface area contributed by atoms with Crippen molar-refractivity contribution in [2.24, 2.45) is 0 Å². The Morgan fingerprint density at radius 2 is 2.28 bits per heavy atom. The molecule has 1 aromatic heterocycles. The van der Waals surface area contributed by atoms with E-state index in [2.05, 4.69) is 0 Å². The van der Waals surface area contributed by atoms with Crippen molar-refractivity contribution in [3.05, 3.63) is 22.4 Å². The number of piperidine rings is 1. The Kier molecular flexibility index (Phi) is 4.36. The molecule has 1 amide bonds. The molecule has 0 bridgehead atoms. The summed E-state index contributed by atoms with van der Waals surface area (Å²) < 4.78 is 0. The van der Waals surface area contributed by atoms with Gasteiger partial charge in [-0.2, -0.15) is 11.3 Å². The van der Waals surface area contributed by atoms with Crippen LogP contribution in [0.1, 0.15) is 31.2 Å². The van der Waals surface area contributed by atoms with Gasteiger partial charge in [-0.25, -0.2) is 4.79 Å². The minimum Gasteiger partial charge on any atom is -0.480 e. The Morgan fingerprint density at radius 3 is 2.94 bits per heavy atom. The van der Waals surface area contributed by atoms with E-state index in [9.17, 15) is 9.59 Å². The third-order valence-corrected chi connectivity index (χ3v) is 4.05. The molecule has 0 saturated carbocycles. The van der Waals surface area contributed by atoms with Crippen LogP contribution in [0.15, 0.2) is 16.8 Å². The molecule has 0 aliphatic carbocycles. The zero-order valence-corrected chi connectivity index (χ0v) is 11.0. The second-order valence-electron chi connectivity index (χ2n) is 4.57. The van der Waals surface area contributed by atoms with Gasteiger partial charge in [0.2, 0.25) is 5.91 Å². The van der Waals surface area contributed by atoms with Crippen LogP contribution >= 0.6 is 11.3 Å². The Morgan fingerprint density at radius 1 is 1.44 bits per heavy atom. The molecule has 1 aliphatic rings. The first-order chi connectivity index (χ1) is 8.68. The first-order valence-corrected chi connectivity index (χ1v) is 7.16. The lowest BCUT2D eigenvalue weighted by Crippen LogP contribution is -2.48. The van der Waals surface area contributed by atoms with Crippen LogP contribution < -0.4 is 0 Å². The van der Waals surface area contributed by atoms with Crippen LogP contribution in [0.2, 0.25) is 0 Å². The van der Waals surface area contributed by atoms with Crippen LogP contribution in [-0.2, 0) is 16.0 Å². The number of carbonyl (C=O) groups is 2. The molecule has 1 saturated heterocycles. The lowest BCUT2D eigenvalue weighted by molar-refractivity contribution is -0.152. The van der Waals surface area contributed by atoms with E-state index in [0.717, 1.165) is 18.4 Å². The number of thiophene rings is 1. The Labute approximate surface area is 110 Å². The van der Waals surface area contributed by atoms with Gasteiger partial charge in [0, 0.05) is 13.0 Å². The van der Waals surface area contributed by atoms with Crippen LogP contribution in [-0.4, -0.2) is 34.5 Å². The van der Waals surface area contributed by atoms with E-state index in [1.165, 1.54) is 4.90 Å². The van der Waals surface area contributed by atoms with Gasteiger partial charge in [-0.05, 0) is 48.1 Å². The monoisotopic (exact) mass is 267 g/mol. The molecule has 1 fully saturated rings. The van der Waals surface area contributed by atoms with Gasteiger partial charge < -0.3 is 10.0 Å². The fourth-order valence-electron chi connectivity index (χ4n) is 2.32. The predicted octanol–water partition coefficient (Wildman–Crippen LogP) is 2.15. The van der Waals surface area contributed by atoms with E-state index in [1.54, 1.807) is 11.3 Å². The Balaban J connectivity index is 1.92. The number of aliphatic carboxylic acids is 1. The van der Waals surface area contributed by atoms with Crippen molar-refractivity contribution in [1.82, 2.24) is 4.90 Å². The lowest BCUT2D eigenvalue weighted by atomic mass is 10.0. The number of hydrogen-bond donors (Lipinski definition) is 1. The summed E-state index contributed by atoms with van der Waals surface area (Å²) in [6.45, 7) is 0.583. The minimum absolute atomic E-state index is 0.0340. The highest BCUT2D eigenvalue weighted by Crippen LogP contribution is 2.19. The molecular weight excluding hydrogens is 250 g/mol. The predicted molar refractivity (Wildman–Crippen MR) is 69.6 cm³/mol. The van der Waals surface area contributed by atoms with Crippen LogP contribution in [0.4, 0.5) is 0 Å². The van der Waals surface area contributed by atoms with E-state index in [4.69, 9.17) is 5.11 Å². The van der Waals surface area contributed by atoms with Crippen molar-refractivity contribution < 1.29 is 14.7 Å². The van der Waals surface area contributed by atoms with Crippen LogP contribution in [0.5, 0.6) is 0 Å². The summed E-state index contributed by atoms with van der Waals surface area (Å²) in [4.78, 5) is 24.7. The average Bonchev–Trinajstić information content (AvgIpc) is 2.89. The topological polar surface area (TPSA) is 57.6 Å². The number of aryl methyl sites for hydroxylation is 1. The molecule has 98 valence electrons. The van der Waals surface area contributed by atoms with E-state index in [-0.39, 0.29) is 5.91 Å². The van der Waals surface area contributed by atoms with Gasteiger partial charge in [-0.15, -0.1) is 0 Å². The van der Waals surface area contributed by atoms with Gasteiger partial charge >= 0.3 is 5.97 Å². The van der Waals surface area contributed by atoms with Crippen molar-refractivity contribution in [1.29, 1.82) is 0 Å². The summed E-state index contributed by atoms with van der Waals surface area (Å²) in [5, 5.41) is 13.1. The standard InChI is InChI=1S/C13H17NO3S/c15-12(5-4-10-6-8-18-9-10)14-7-2-1-3-11(14)13(16)17/h6,8-9,11H,1-5,7H2,(H,16,17). The number of carbonyl (C=O) groups excluding carboxylic acids is 1. The number of carboxylic acid groups (broad SMARTS) is 1. The maximum absolute atomic E-state index is 12.1. The second kappa shape index (κ2) is 6.00. The number of likely N-dealkylation sites (tertiary alicyclic amines) is 1. The quantitative estimate of drug-likeness (QED) is 0.909. The largest absolute Gasteiger partial charge is 0.480 e. The summed E-state index contributed by atoms with van der Waals surface area (Å²) >= 11 is 1.61. The number of rotatable bonds is 4. The average molecular weight is 267 g/mol. The molecule has 1 unspecified atom stereocenters. The third-order valence-electron chi connectivity index (χ3n) is 3.32. The van der Waals surface area contributed by atoms with Crippen LogP contribution in [0, 0.1) is 0 Å². The highest BCUT2D eigenvalue weighted by Gasteiger charge is 2.31. The molecular formula is C13H17NO3S. The number of hydrogen-bond acceptors (Lipinski definition) is 3. The molecule has 2 rings (SSSR count). The van der Waals surface area contributed by atoms with Gasteiger partial charge in [0.15, 0.2) is 0 Å². The maximum Gasteiger partial charge on any atom is 0.326 e. The van der Waals surface area contributed by atoms with Crippen molar-refractivity contribution in [3.8, 4) is 0 Å². The summed E-state index contributed by atoms with van der Waals surface area (Å²) in [5.74, 6) is -0.910. The molecule has 18 heavy (non-hydrogen) atoms. The SMILES string of the molecule is O=C(O)C1CCCCN1C(=O)CCc1ccsc1. The fourth-order valence-corrected chi connectivity index (χ4v) is 3.02. The third kappa shape index (κ3) is 3.10. The van der Waals surface area contributed by atoms with E-state index in [0.29, 0.717) is 25.8 Å². The zero-order valence-electron chi connectivity index (χ0n) is 10.2. The van der Waals surface area contributed by atoms with Crippen LogP contribution in [0.3, 0.4) is 0 Å². The number of carboxylic acids is 1. The minimum atomic E-state index is -0.876. The van der Waals surface area contributed by atoms with Gasteiger partial charge in [-0.1, -0.05) is 0 Å². The van der Waals surface area contributed by atoms with Crippen molar-refractivity contribution >= 4 is 23.2 Å². The molecule has 1 aliphatic heterocycles. The van der Waals surface area contributed by atoms with E-state index >= 15 is 0 Å². The van der Waals surface area contributed by atoms with Crippen molar-refractivity contribution in [2.45, 2.75) is 38.1 Å². The molecule has 5 heteroatoms. The maximum atomic E-state index is 12.1. The molecule has 1 aromatic rings. The zero-order chi connectivity index (χ0) is 13.0. The summed E-state index contributed by atoms with van der Waals surface area (Å²) in [7, 11) is 0. The summed E-state index contributed by atoms with van der Waals surface area (Å²) in [5.41, 5.74) is 1.15.